The quantitative estimate of drug-likeness (QED) is 0.774. The Morgan fingerprint density at radius 1 is 1.00 bits per heavy atom. The molecule has 0 aliphatic rings. The number of benzene rings is 1. The number of rotatable bonds is 2. The first-order chi connectivity index (χ1) is 8.11. The molecule has 0 aromatic heterocycles. The molecule has 0 atom stereocenters. The fourth-order valence-corrected chi connectivity index (χ4v) is 1.82. The van der Waals surface area contributed by atoms with Crippen molar-refractivity contribution in [3.63, 3.8) is 0 Å². The molecule has 0 saturated heterocycles. The molecule has 0 saturated carbocycles. The molecule has 0 spiro atoms. The van der Waals surface area contributed by atoms with Gasteiger partial charge in [0.1, 0.15) is 0 Å². The van der Waals surface area contributed by atoms with E-state index in [9.17, 15) is 4.79 Å². The van der Waals surface area contributed by atoms with Crippen LogP contribution >= 0.6 is 0 Å². The second kappa shape index (κ2) is 5.13. The highest BCUT2D eigenvalue weighted by molar-refractivity contribution is 5.94. The number of amides is 1. The molecule has 0 N–H and O–H groups in total. The lowest BCUT2D eigenvalue weighted by molar-refractivity contribution is 0.0478. The van der Waals surface area contributed by atoms with Crippen LogP contribution in [0.4, 0.5) is 0 Å². The second-order valence-electron chi connectivity index (χ2n) is 6.99. The minimum absolute atomic E-state index is 0.0950. The lowest BCUT2D eigenvalue weighted by Crippen LogP contribution is -2.49. The van der Waals surface area contributed by atoms with Crippen LogP contribution in [-0.4, -0.2) is 22.9 Å². The van der Waals surface area contributed by atoms with Gasteiger partial charge in [0.25, 0.3) is 5.91 Å². The van der Waals surface area contributed by atoms with Gasteiger partial charge < -0.3 is 4.90 Å². The SMILES string of the molecule is CC(C)(C)CN(C(=O)c1ccccc1)C(C)(C)C. The van der Waals surface area contributed by atoms with E-state index in [1.165, 1.54) is 0 Å². The first kappa shape index (κ1) is 14.7. The average Bonchev–Trinajstić information content (AvgIpc) is 2.24. The summed E-state index contributed by atoms with van der Waals surface area (Å²) < 4.78 is 0. The van der Waals surface area contributed by atoms with Gasteiger partial charge in [0.05, 0.1) is 0 Å². The largest absolute Gasteiger partial charge is 0.333 e. The molecule has 100 valence electrons. The van der Waals surface area contributed by atoms with E-state index >= 15 is 0 Å². The van der Waals surface area contributed by atoms with Crippen LogP contribution in [0.5, 0.6) is 0 Å². The Labute approximate surface area is 111 Å². The van der Waals surface area contributed by atoms with Crippen molar-refractivity contribution >= 4 is 5.91 Å². The van der Waals surface area contributed by atoms with Gasteiger partial charge in [-0.25, -0.2) is 0 Å². The predicted octanol–water partition coefficient (Wildman–Crippen LogP) is 3.97. The fourth-order valence-electron chi connectivity index (χ4n) is 1.82. The van der Waals surface area contributed by atoms with E-state index in [4.69, 9.17) is 0 Å². The number of carbonyl (C=O) groups is 1. The van der Waals surface area contributed by atoms with Gasteiger partial charge in [0.2, 0.25) is 0 Å². The maximum atomic E-state index is 12.6. The van der Waals surface area contributed by atoms with E-state index < -0.39 is 0 Å². The summed E-state index contributed by atoms with van der Waals surface area (Å²) in [4.78, 5) is 14.6. The van der Waals surface area contributed by atoms with Crippen molar-refractivity contribution in [2.45, 2.75) is 47.1 Å². The predicted molar refractivity (Wildman–Crippen MR) is 76.7 cm³/mol. The van der Waals surface area contributed by atoms with E-state index in [0.717, 1.165) is 12.1 Å². The molecule has 2 nitrogen and oxygen atoms in total. The Balaban J connectivity index is 3.02. The van der Waals surface area contributed by atoms with Gasteiger partial charge in [-0.2, -0.15) is 0 Å². The molecule has 0 unspecified atom stereocenters. The molecule has 1 aromatic rings. The second-order valence-corrected chi connectivity index (χ2v) is 6.99. The molecule has 0 radical (unpaired) electrons. The summed E-state index contributed by atoms with van der Waals surface area (Å²) in [5.74, 6) is 0.109. The number of nitrogens with zero attached hydrogens (tertiary/aromatic N) is 1. The Kier molecular flexibility index (Phi) is 4.20. The number of carbonyl (C=O) groups excluding carboxylic acids is 1. The van der Waals surface area contributed by atoms with Crippen LogP contribution in [0.15, 0.2) is 30.3 Å². The zero-order chi connectivity index (χ0) is 14.0. The molecular formula is C16H25NO. The normalized spacial score (nSPS) is 12.3. The standard InChI is InChI=1S/C16H25NO/c1-15(2,3)12-17(16(4,5)6)14(18)13-10-8-7-9-11-13/h7-11H,12H2,1-6H3. The fraction of sp³-hybridized carbons (Fsp3) is 0.562. The van der Waals surface area contributed by atoms with Gasteiger partial charge in [0, 0.05) is 17.6 Å². The molecule has 0 fully saturated rings. The molecule has 2 heteroatoms. The van der Waals surface area contributed by atoms with Crippen LogP contribution in [0.2, 0.25) is 0 Å². The summed E-state index contributed by atoms with van der Waals surface area (Å²) in [5, 5.41) is 0. The number of hydrogen-bond acceptors (Lipinski definition) is 1. The molecule has 18 heavy (non-hydrogen) atoms. The minimum atomic E-state index is -0.166. The minimum Gasteiger partial charge on any atom is -0.333 e. The zero-order valence-corrected chi connectivity index (χ0v) is 12.4. The summed E-state index contributed by atoms with van der Waals surface area (Å²) in [6.07, 6.45) is 0. The summed E-state index contributed by atoms with van der Waals surface area (Å²) in [6.45, 7) is 13.5. The Morgan fingerprint density at radius 2 is 1.50 bits per heavy atom. The van der Waals surface area contributed by atoms with Crippen LogP contribution in [0.25, 0.3) is 0 Å². The van der Waals surface area contributed by atoms with Crippen LogP contribution in [0.3, 0.4) is 0 Å². The highest BCUT2D eigenvalue weighted by atomic mass is 16.2. The van der Waals surface area contributed by atoms with E-state index in [0.29, 0.717) is 0 Å². The van der Waals surface area contributed by atoms with E-state index in [1.54, 1.807) is 0 Å². The third-order valence-corrected chi connectivity index (χ3v) is 2.71. The summed E-state index contributed by atoms with van der Waals surface area (Å²) in [6, 6.07) is 9.51. The highest BCUT2D eigenvalue weighted by Gasteiger charge is 2.30. The lowest BCUT2D eigenvalue weighted by atomic mass is 9.92. The van der Waals surface area contributed by atoms with Gasteiger partial charge in [-0.3, -0.25) is 4.79 Å². The van der Waals surface area contributed by atoms with Crippen LogP contribution in [-0.2, 0) is 0 Å². The van der Waals surface area contributed by atoms with Gasteiger partial charge in [-0.15, -0.1) is 0 Å². The van der Waals surface area contributed by atoms with Crippen LogP contribution in [0.1, 0.15) is 51.9 Å². The third-order valence-electron chi connectivity index (χ3n) is 2.71. The number of hydrogen-bond donors (Lipinski definition) is 0. The van der Waals surface area contributed by atoms with Gasteiger partial charge >= 0.3 is 0 Å². The highest BCUT2D eigenvalue weighted by Crippen LogP contribution is 2.24. The van der Waals surface area contributed by atoms with E-state index in [-0.39, 0.29) is 16.9 Å². The van der Waals surface area contributed by atoms with Gasteiger partial charge in [-0.1, -0.05) is 39.0 Å². The molecule has 1 amide bonds. The molecule has 1 rings (SSSR count). The average molecular weight is 247 g/mol. The monoisotopic (exact) mass is 247 g/mol. The lowest BCUT2D eigenvalue weighted by Gasteiger charge is -2.40. The Morgan fingerprint density at radius 3 is 1.89 bits per heavy atom. The zero-order valence-electron chi connectivity index (χ0n) is 12.4. The molecular weight excluding hydrogens is 222 g/mol. The van der Waals surface area contributed by atoms with E-state index in [1.807, 2.05) is 35.2 Å². The van der Waals surface area contributed by atoms with Crippen molar-refractivity contribution in [1.82, 2.24) is 4.90 Å². The summed E-state index contributed by atoms with van der Waals surface area (Å²) in [7, 11) is 0. The van der Waals surface area contributed by atoms with Crippen molar-refractivity contribution < 1.29 is 4.79 Å². The third kappa shape index (κ3) is 4.17. The van der Waals surface area contributed by atoms with Crippen LogP contribution < -0.4 is 0 Å². The maximum Gasteiger partial charge on any atom is 0.254 e. The van der Waals surface area contributed by atoms with Crippen molar-refractivity contribution in [3.8, 4) is 0 Å². The van der Waals surface area contributed by atoms with Crippen molar-refractivity contribution in [2.24, 2.45) is 5.41 Å². The first-order valence-electron chi connectivity index (χ1n) is 6.48. The van der Waals surface area contributed by atoms with Crippen LogP contribution in [0, 0.1) is 5.41 Å². The summed E-state index contributed by atoms with van der Waals surface area (Å²) in [5.41, 5.74) is 0.689. The van der Waals surface area contributed by atoms with Crippen molar-refractivity contribution in [2.75, 3.05) is 6.54 Å². The molecule has 1 aromatic carbocycles. The Hall–Kier alpha value is -1.31. The molecule has 0 aliphatic carbocycles. The smallest absolute Gasteiger partial charge is 0.254 e. The molecule has 0 aliphatic heterocycles. The van der Waals surface area contributed by atoms with Crippen molar-refractivity contribution in [1.29, 1.82) is 0 Å². The molecule has 0 bridgehead atoms. The summed E-state index contributed by atoms with van der Waals surface area (Å²) >= 11 is 0. The topological polar surface area (TPSA) is 20.3 Å². The van der Waals surface area contributed by atoms with Crippen molar-refractivity contribution in [3.05, 3.63) is 35.9 Å². The maximum absolute atomic E-state index is 12.6. The van der Waals surface area contributed by atoms with Gasteiger partial charge in [-0.05, 0) is 38.3 Å². The Bertz CT molecular complexity index is 395. The molecule has 0 heterocycles. The first-order valence-corrected chi connectivity index (χ1v) is 6.48. The van der Waals surface area contributed by atoms with E-state index in [2.05, 4.69) is 41.5 Å². The van der Waals surface area contributed by atoms with Gasteiger partial charge in [0.15, 0.2) is 0 Å².